The molecular formula is C16H9ClF3NO2. The van der Waals surface area contributed by atoms with E-state index in [2.05, 4.69) is 27.8 Å². The number of fused-ring (bicyclic) bond motifs is 1. The molecule has 7 heteroatoms. The number of cyclic esters (lactones) is 1. The maximum atomic E-state index is 13.7. The van der Waals surface area contributed by atoms with Gasteiger partial charge >= 0.3 is 12.3 Å². The van der Waals surface area contributed by atoms with E-state index in [1.807, 2.05) is 5.92 Å². The Hall–Kier alpha value is -2.31. The monoisotopic (exact) mass is 339 g/mol. The molecule has 1 aromatic rings. The molecular weight excluding hydrogens is 331 g/mol. The van der Waals surface area contributed by atoms with Crippen LogP contribution in [0, 0.1) is 29.6 Å². The minimum Gasteiger partial charge on any atom is -0.415 e. The van der Waals surface area contributed by atoms with Gasteiger partial charge in [-0.15, -0.1) is 0 Å². The topological polar surface area (TPSA) is 38.3 Å². The van der Waals surface area contributed by atoms with Crippen molar-refractivity contribution in [3.63, 3.8) is 0 Å². The Morgan fingerprint density at radius 3 is 2.70 bits per heavy atom. The molecule has 1 heterocycles. The molecule has 0 radical (unpaired) electrons. The van der Waals surface area contributed by atoms with Crippen molar-refractivity contribution in [3.05, 3.63) is 28.8 Å². The molecule has 2 aliphatic rings. The second-order valence-corrected chi connectivity index (χ2v) is 5.61. The van der Waals surface area contributed by atoms with Crippen molar-refractivity contribution in [2.45, 2.75) is 24.6 Å². The van der Waals surface area contributed by atoms with Crippen LogP contribution in [0.2, 0.25) is 5.02 Å². The van der Waals surface area contributed by atoms with E-state index < -0.39 is 17.9 Å². The van der Waals surface area contributed by atoms with Crippen molar-refractivity contribution >= 4 is 23.4 Å². The highest BCUT2D eigenvalue weighted by molar-refractivity contribution is 6.30. The van der Waals surface area contributed by atoms with Crippen molar-refractivity contribution in [3.8, 4) is 23.7 Å². The van der Waals surface area contributed by atoms with Gasteiger partial charge in [-0.1, -0.05) is 17.5 Å². The lowest BCUT2D eigenvalue weighted by molar-refractivity contribution is -0.239. The highest BCUT2D eigenvalue weighted by atomic mass is 35.5. The van der Waals surface area contributed by atoms with Crippen LogP contribution in [0.5, 0.6) is 0 Å². The molecule has 1 aliphatic carbocycles. The van der Waals surface area contributed by atoms with Gasteiger partial charge in [0.15, 0.2) is 0 Å². The van der Waals surface area contributed by atoms with E-state index in [-0.39, 0.29) is 22.2 Å². The van der Waals surface area contributed by atoms with Gasteiger partial charge in [0.25, 0.3) is 5.60 Å². The van der Waals surface area contributed by atoms with Gasteiger partial charge in [0, 0.05) is 16.5 Å². The lowest BCUT2D eigenvalue weighted by atomic mass is 9.90. The summed E-state index contributed by atoms with van der Waals surface area (Å²) in [5, 5.41) is 2.28. The molecule has 1 aromatic carbocycles. The molecule has 1 aliphatic heterocycles. The highest BCUT2D eigenvalue weighted by Gasteiger charge is 2.62. The third-order valence-corrected chi connectivity index (χ3v) is 3.63. The normalized spacial score (nSPS) is 22.5. The van der Waals surface area contributed by atoms with Crippen LogP contribution < -0.4 is 5.32 Å². The molecule has 1 atom stereocenters. The number of benzene rings is 1. The Balaban J connectivity index is 2.14. The predicted molar refractivity (Wildman–Crippen MR) is 77.6 cm³/mol. The quantitative estimate of drug-likeness (QED) is 0.723. The Morgan fingerprint density at radius 2 is 2.04 bits per heavy atom. The smallest absolute Gasteiger partial charge is 0.415 e. The van der Waals surface area contributed by atoms with Crippen molar-refractivity contribution in [2.24, 2.45) is 5.92 Å². The minimum atomic E-state index is -4.95. The molecule has 23 heavy (non-hydrogen) atoms. The van der Waals surface area contributed by atoms with Crippen LogP contribution >= 0.6 is 11.6 Å². The second kappa shape index (κ2) is 5.40. The summed E-state index contributed by atoms with van der Waals surface area (Å²) in [5.41, 5.74) is -3.50. The van der Waals surface area contributed by atoms with Crippen molar-refractivity contribution in [1.29, 1.82) is 0 Å². The number of ether oxygens (including phenoxy) is 1. The van der Waals surface area contributed by atoms with E-state index in [1.165, 1.54) is 12.1 Å². The maximum Gasteiger partial charge on any atom is 0.445 e. The number of anilines is 1. The average Bonchev–Trinajstić information content (AvgIpc) is 3.27. The SMILES string of the molecule is O=C1Nc2ccc(Cl)cc2[C@@](C#CC#CC2CC2)(C(F)(F)F)O1. The van der Waals surface area contributed by atoms with E-state index in [0.717, 1.165) is 18.9 Å². The number of alkyl halides is 3. The molecule has 0 aromatic heterocycles. The molecule has 1 amide bonds. The summed E-state index contributed by atoms with van der Waals surface area (Å²) in [6, 6.07) is 3.72. The number of amides is 1. The first kappa shape index (κ1) is 15.6. The summed E-state index contributed by atoms with van der Waals surface area (Å²) in [6.07, 6.45) is -4.33. The molecule has 0 spiro atoms. The van der Waals surface area contributed by atoms with Crippen LogP contribution in [0.4, 0.5) is 23.7 Å². The zero-order valence-corrected chi connectivity index (χ0v) is 12.3. The summed E-state index contributed by atoms with van der Waals surface area (Å²) in [7, 11) is 0. The first-order chi connectivity index (χ1) is 10.8. The maximum absolute atomic E-state index is 13.7. The standard InChI is InChI=1S/C16H9ClF3NO2/c17-11-6-7-13-12(9-11)15(16(18,19)20,23-14(22)21-13)8-2-1-3-10-4-5-10/h6-7,9-10H,4-5H2,(H,21,22)/t15-/m0/s1. The molecule has 1 fully saturated rings. The van der Waals surface area contributed by atoms with Crippen molar-refractivity contribution < 1.29 is 22.7 Å². The molecule has 118 valence electrons. The van der Waals surface area contributed by atoms with Gasteiger partial charge in [0.1, 0.15) is 0 Å². The van der Waals surface area contributed by atoms with E-state index in [0.29, 0.717) is 0 Å². The fraction of sp³-hybridized carbons (Fsp3) is 0.312. The molecule has 0 saturated heterocycles. The average molecular weight is 340 g/mol. The van der Waals surface area contributed by atoms with E-state index in [9.17, 15) is 18.0 Å². The van der Waals surface area contributed by atoms with Gasteiger partial charge in [-0.05, 0) is 48.8 Å². The number of halogens is 4. The van der Waals surface area contributed by atoms with Gasteiger partial charge in [-0.3, -0.25) is 5.32 Å². The summed E-state index contributed by atoms with van der Waals surface area (Å²) < 4.78 is 45.6. The van der Waals surface area contributed by atoms with Crippen LogP contribution in [0.1, 0.15) is 18.4 Å². The lowest BCUT2D eigenvalue weighted by Crippen LogP contribution is -2.49. The number of carbonyl (C=O) groups excluding carboxylic acids is 1. The van der Waals surface area contributed by atoms with Crippen LogP contribution in [0.3, 0.4) is 0 Å². The van der Waals surface area contributed by atoms with Gasteiger partial charge in [0.05, 0.1) is 5.69 Å². The lowest BCUT2D eigenvalue weighted by Gasteiger charge is -2.35. The fourth-order valence-electron chi connectivity index (χ4n) is 2.11. The predicted octanol–water partition coefficient (Wildman–Crippen LogP) is 4.08. The molecule has 0 unspecified atom stereocenters. The molecule has 3 rings (SSSR count). The van der Waals surface area contributed by atoms with Crippen LogP contribution in [-0.4, -0.2) is 12.3 Å². The Kier molecular flexibility index (Phi) is 3.66. The van der Waals surface area contributed by atoms with E-state index >= 15 is 0 Å². The summed E-state index contributed by atoms with van der Waals surface area (Å²) in [4.78, 5) is 11.6. The Labute approximate surface area is 135 Å². The number of nitrogens with one attached hydrogen (secondary N) is 1. The summed E-state index contributed by atoms with van der Waals surface area (Å²) in [6.45, 7) is 0. The zero-order chi connectivity index (χ0) is 16.7. The minimum absolute atomic E-state index is 0.0487. The Bertz CT molecular complexity index is 794. The number of rotatable bonds is 0. The molecule has 3 nitrogen and oxygen atoms in total. The van der Waals surface area contributed by atoms with Gasteiger partial charge in [0.2, 0.25) is 0 Å². The van der Waals surface area contributed by atoms with Gasteiger partial charge < -0.3 is 4.74 Å². The summed E-state index contributed by atoms with van der Waals surface area (Å²) in [5.74, 6) is 9.49. The van der Waals surface area contributed by atoms with Crippen LogP contribution in [-0.2, 0) is 10.3 Å². The fourth-order valence-corrected chi connectivity index (χ4v) is 2.28. The Morgan fingerprint density at radius 1 is 1.30 bits per heavy atom. The van der Waals surface area contributed by atoms with Crippen LogP contribution in [0.15, 0.2) is 18.2 Å². The second-order valence-electron chi connectivity index (χ2n) is 5.18. The molecule has 0 bridgehead atoms. The third kappa shape index (κ3) is 2.95. The first-order valence-corrected chi connectivity index (χ1v) is 7.09. The van der Waals surface area contributed by atoms with Crippen molar-refractivity contribution in [1.82, 2.24) is 0 Å². The summed E-state index contributed by atoms with van der Waals surface area (Å²) >= 11 is 5.79. The van der Waals surface area contributed by atoms with Gasteiger partial charge in [-0.25, -0.2) is 4.79 Å². The largest absolute Gasteiger partial charge is 0.445 e. The van der Waals surface area contributed by atoms with Crippen molar-refractivity contribution in [2.75, 3.05) is 5.32 Å². The van der Waals surface area contributed by atoms with E-state index in [4.69, 9.17) is 11.6 Å². The van der Waals surface area contributed by atoms with Crippen LogP contribution in [0.25, 0.3) is 0 Å². The first-order valence-electron chi connectivity index (χ1n) is 6.71. The highest BCUT2D eigenvalue weighted by Crippen LogP contribution is 2.47. The third-order valence-electron chi connectivity index (χ3n) is 3.40. The molecule has 1 saturated carbocycles. The van der Waals surface area contributed by atoms with E-state index in [1.54, 1.807) is 0 Å². The van der Waals surface area contributed by atoms with Gasteiger partial charge in [-0.2, -0.15) is 13.2 Å². The number of hydrogen-bond acceptors (Lipinski definition) is 2. The number of carbonyl (C=O) groups is 1. The zero-order valence-electron chi connectivity index (χ0n) is 11.6. The molecule has 1 N–H and O–H groups in total. The number of hydrogen-bond donors (Lipinski definition) is 1.